The van der Waals surface area contributed by atoms with E-state index in [4.69, 9.17) is 0 Å². The van der Waals surface area contributed by atoms with Crippen LogP contribution in [0.1, 0.15) is 37.8 Å². The van der Waals surface area contributed by atoms with Gasteiger partial charge in [0, 0.05) is 24.8 Å². The molecule has 0 saturated carbocycles. The molecule has 1 unspecified atom stereocenters. The van der Waals surface area contributed by atoms with E-state index >= 15 is 0 Å². The number of rotatable bonds is 8. The third-order valence-corrected chi connectivity index (χ3v) is 3.91. The van der Waals surface area contributed by atoms with E-state index in [2.05, 4.69) is 63.2 Å². The average molecular weight is 278 g/mol. The van der Waals surface area contributed by atoms with Gasteiger partial charge in [-0.25, -0.2) is 0 Å². The largest absolute Gasteiger partial charge is 0.394 e. The van der Waals surface area contributed by atoms with Gasteiger partial charge < -0.3 is 15.3 Å². The van der Waals surface area contributed by atoms with Gasteiger partial charge in [-0.3, -0.25) is 0 Å². The minimum absolute atomic E-state index is 0.174. The molecule has 0 fully saturated rings. The van der Waals surface area contributed by atoms with E-state index in [1.165, 1.54) is 16.8 Å². The monoisotopic (exact) mass is 278 g/mol. The van der Waals surface area contributed by atoms with E-state index in [0.29, 0.717) is 0 Å². The molecule has 20 heavy (non-hydrogen) atoms. The lowest BCUT2D eigenvalue weighted by atomic mass is 9.98. The van der Waals surface area contributed by atoms with Crippen LogP contribution in [0.15, 0.2) is 18.2 Å². The summed E-state index contributed by atoms with van der Waals surface area (Å²) in [6, 6.07) is 6.55. The topological polar surface area (TPSA) is 35.5 Å². The highest BCUT2D eigenvalue weighted by atomic mass is 16.3. The van der Waals surface area contributed by atoms with Gasteiger partial charge in [-0.2, -0.15) is 0 Å². The van der Waals surface area contributed by atoms with Crippen molar-refractivity contribution in [1.82, 2.24) is 5.32 Å². The third kappa shape index (κ3) is 4.80. The fraction of sp³-hybridized carbons (Fsp3) is 0.647. The maximum Gasteiger partial charge on any atom is 0.0611 e. The number of aryl methyl sites for hydroxylation is 2. The van der Waals surface area contributed by atoms with Gasteiger partial charge in [0.2, 0.25) is 0 Å². The molecule has 0 heterocycles. The SMILES string of the molecule is CCCNC(C)(CO)CCN(C)c1ccc(C)cc1C. The average Bonchev–Trinajstić information content (AvgIpc) is 2.42. The van der Waals surface area contributed by atoms with Crippen LogP contribution < -0.4 is 10.2 Å². The number of anilines is 1. The molecule has 1 atom stereocenters. The lowest BCUT2D eigenvalue weighted by Crippen LogP contribution is -2.48. The summed E-state index contributed by atoms with van der Waals surface area (Å²) in [6.07, 6.45) is 2.01. The first-order valence-electron chi connectivity index (χ1n) is 7.56. The molecule has 0 aliphatic heterocycles. The lowest BCUT2D eigenvalue weighted by Gasteiger charge is -2.32. The van der Waals surface area contributed by atoms with E-state index in [0.717, 1.165) is 25.9 Å². The molecule has 0 bridgehead atoms. The van der Waals surface area contributed by atoms with Crippen LogP contribution in [0.25, 0.3) is 0 Å². The highest BCUT2D eigenvalue weighted by molar-refractivity contribution is 5.53. The Morgan fingerprint density at radius 3 is 2.55 bits per heavy atom. The van der Waals surface area contributed by atoms with Gasteiger partial charge in [-0.05, 0) is 51.8 Å². The number of nitrogens with zero attached hydrogens (tertiary/aromatic N) is 1. The van der Waals surface area contributed by atoms with Crippen molar-refractivity contribution in [3.8, 4) is 0 Å². The van der Waals surface area contributed by atoms with E-state index in [1.807, 2.05) is 0 Å². The van der Waals surface area contributed by atoms with Gasteiger partial charge in [0.15, 0.2) is 0 Å². The van der Waals surface area contributed by atoms with E-state index in [9.17, 15) is 5.11 Å². The fourth-order valence-corrected chi connectivity index (χ4v) is 2.42. The normalized spacial score (nSPS) is 14.1. The molecule has 0 aliphatic carbocycles. The minimum Gasteiger partial charge on any atom is -0.394 e. The second-order valence-corrected chi connectivity index (χ2v) is 6.11. The van der Waals surface area contributed by atoms with Gasteiger partial charge in [0.05, 0.1) is 6.61 Å². The molecule has 1 rings (SSSR count). The van der Waals surface area contributed by atoms with Crippen molar-refractivity contribution in [2.45, 2.75) is 46.1 Å². The maximum absolute atomic E-state index is 9.61. The van der Waals surface area contributed by atoms with Crippen molar-refractivity contribution in [2.24, 2.45) is 0 Å². The molecule has 2 N–H and O–H groups in total. The lowest BCUT2D eigenvalue weighted by molar-refractivity contribution is 0.168. The zero-order chi connectivity index (χ0) is 15.2. The highest BCUT2D eigenvalue weighted by Gasteiger charge is 2.22. The first-order valence-corrected chi connectivity index (χ1v) is 7.56. The number of benzene rings is 1. The molecule has 0 amide bonds. The fourth-order valence-electron chi connectivity index (χ4n) is 2.42. The Bertz CT molecular complexity index is 419. The van der Waals surface area contributed by atoms with Crippen molar-refractivity contribution >= 4 is 5.69 Å². The number of aliphatic hydroxyl groups excluding tert-OH is 1. The van der Waals surface area contributed by atoms with Gasteiger partial charge in [0.1, 0.15) is 0 Å². The Kier molecular flexibility index (Phi) is 6.50. The predicted molar refractivity (Wildman–Crippen MR) is 87.6 cm³/mol. The number of hydrogen-bond donors (Lipinski definition) is 2. The quantitative estimate of drug-likeness (QED) is 0.767. The van der Waals surface area contributed by atoms with Crippen LogP contribution >= 0.6 is 0 Å². The number of aliphatic hydroxyl groups is 1. The van der Waals surface area contributed by atoms with Gasteiger partial charge in [-0.15, -0.1) is 0 Å². The van der Waals surface area contributed by atoms with E-state index in [-0.39, 0.29) is 12.1 Å². The Morgan fingerprint density at radius 1 is 1.30 bits per heavy atom. The minimum atomic E-state index is -0.192. The molecule has 0 aromatic heterocycles. The van der Waals surface area contributed by atoms with Crippen molar-refractivity contribution in [3.63, 3.8) is 0 Å². The molecule has 3 nitrogen and oxygen atoms in total. The van der Waals surface area contributed by atoms with Crippen molar-refractivity contribution in [2.75, 3.05) is 31.6 Å². The van der Waals surface area contributed by atoms with Gasteiger partial charge in [0.25, 0.3) is 0 Å². The molecule has 1 aromatic rings. The Labute approximate surface area is 124 Å². The molecule has 0 saturated heterocycles. The van der Waals surface area contributed by atoms with Crippen LogP contribution in [0.3, 0.4) is 0 Å². The van der Waals surface area contributed by atoms with Crippen LogP contribution in [0, 0.1) is 13.8 Å². The van der Waals surface area contributed by atoms with Crippen LogP contribution in [0.5, 0.6) is 0 Å². The molecular weight excluding hydrogens is 248 g/mol. The van der Waals surface area contributed by atoms with E-state index < -0.39 is 0 Å². The van der Waals surface area contributed by atoms with Crippen LogP contribution in [0.2, 0.25) is 0 Å². The van der Waals surface area contributed by atoms with Crippen molar-refractivity contribution < 1.29 is 5.11 Å². The summed E-state index contributed by atoms with van der Waals surface area (Å²) < 4.78 is 0. The van der Waals surface area contributed by atoms with Crippen LogP contribution in [0.4, 0.5) is 5.69 Å². The zero-order valence-electron chi connectivity index (χ0n) is 13.7. The van der Waals surface area contributed by atoms with E-state index in [1.54, 1.807) is 0 Å². The standard InChI is InChI=1S/C17H30N2O/c1-6-10-18-17(4,13-20)9-11-19(5)16-8-7-14(2)12-15(16)3/h7-8,12,18,20H,6,9-11,13H2,1-5H3. The summed E-state index contributed by atoms with van der Waals surface area (Å²) >= 11 is 0. The second kappa shape index (κ2) is 7.65. The predicted octanol–water partition coefficient (Wildman–Crippen LogP) is 2.88. The Morgan fingerprint density at radius 2 is 2.00 bits per heavy atom. The maximum atomic E-state index is 9.61. The van der Waals surface area contributed by atoms with Crippen LogP contribution in [-0.4, -0.2) is 37.4 Å². The third-order valence-electron chi connectivity index (χ3n) is 3.91. The first kappa shape index (κ1) is 17.0. The molecule has 1 aromatic carbocycles. The smallest absolute Gasteiger partial charge is 0.0611 e. The Balaban J connectivity index is 2.63. The van der Waals surface area contributed by atoms with Gasteiger partial charge in [-0.1, -0.05) is 24.6 Å². The Hall–Kier alpha value is -1.06. The number of nitrogens with one attached hydrogen (secondary N) is 1. The molecular formula is C17H30N2O. The summed E-state index contributed by atoms with van der Waals surface area (Å²) in [5, 5.41) is 13.1. The molecule has 0 radical (unpaired) electrons. The molecule has 0 aliphatic rings. The molecule has 114 valence electrons. The van der Waals surface area contributed by atoms with Gasteiger partial charge >= 0.3 is 0 Å². The molecule has 3 heteroatoms. The molecule has 0 spiro atoms. The summed E-state index contributed by atoms with van der Waals surface area (Å²) in [6.45, 7) is 10.6. The first-order chi connectivity index (χ1) is 9.41. The summed E-state index contributed by atoms with van der Waals surface area (Å²) in [7, 11) is 2.12. The highest BCUT2D eigenvalue weighted by Crippen LogP contribution is 2.21. The van der Waals surface area contributed by atoms with Crippen molar-refractivity contribution in [3.05, 3.63) is 29.3 Å². The van der Waals surface area contributed by atoms with Crippen molar-refractivity contribution in [1.29, 1.82) is 0 Å². The van der Waals surface area contributed by atoms with Crippen LogP contribution in [-0.2, 0) is 0 Å². The number of hydrogen-bond acceptors (Lipinski definition) is 3. The second-order valence-electron chi connectivity index (χ2n) is 6.11. The zero-order valence-corrected chi connectivity index (χ0v) is 13.7. The summed E-state index contributed by atoms with van der Waals surface area (Å²) in [5.41, 5.74) is 3.68. The summed E-state index contributed by atoms with van der Waals surface area (Å²) in [4.78, 5) is 2.27. The summed E-state index contributed by atoms with van der Waals surface area (Å²) in [5.74, 6) is 0.